The summed E-state index contributed by atoms with van der Waals surface area (Å²) in [7, 11) is 0. The van der Waals surface area contributed by atoms with Gasteiger partial charge in [-0.1, -0.05) is 12.8 Å². The Morgan fingerprint density at radius 2 is 1.94 bits per heavy atom. The number of ether oxygens (including phenoxy) is 1. The Morgan fingerprint density at radius 3 is 2.56 bits per heavy atom. The van der Waals surface area contributed by atoms with Crippen LogP contribution in [-0.4, -0.2) is 24.2 Å². The average Bonchev–Trinajstić information content (AvgIpc) is 2.88. The lowest BCUT2D eigenvalue weighted by molar-refractivity contribution is -0.384. The molecule has 1 aliphatic carbocycles. The molecule has 1 aromatic rings. The molecule has 0 radical (unpaired) electrons. The highest BCUT2D eigenvalue weighted by atomic mass is 16.6. The van der Waals surface area contributed by atoms with Gasteiger partial charge in [0.25, 0.3) is 5.69 Å². The second-order valence-electron chi connectivity index (χ2n) is 4.51. The third-order valence-electron chi connectivity index (χ3n) is 3.17. The fraction of sp³-hybridized carbons (Fsp3) is 0.538. The second kappa shape index (κ2) is 6.35. The van der Waals surface area contributed by atoms with Crippen LogP contribution < -0.4 is 5.32 Å². The van der Waals surface area contributed by atoms with Crippen molar-refractivity contribution in [3.05, 3.63) is 34.4 Å². The van der Waals surface area contributed by atoms with Gasteiger partial charge >= 0.3 is 0 Å². The zero-order chi connectivity index (χ0) is 12.8. The Kier molecular flexibility index (Phi) is 4.52. The van der Waals surface area contributed by atoms with Crippen molar-refractivity contribution in [1.82, 2.24) is 0 Å². The highest BCUT2D eigenvalue weighted by Crippen LogP contribution is 2.20. The van der Waals surface area contributed by atoms with Crippen molar-refractivity contribution in [3.63, 3.8) is 0 Å². The summed E-state index contributed by atoms with van der Waals surface area (Å²) in [6.07, 6.45) is 5.35. The summed E-state index contributed by atoms with van der Waals surface area (Å²) < 4.78 is 5.72. The Balaban J connectivity index is 1.68. The number of benzene rings is 1. The molecule has 0 aromatic heterocycles. The van der Waals surface area contributed by atoms with Crippen LogP contribution in [0, 0.1) is 10.1 Å². The molecule has 0 atom stereocenters. The first-order valence-electron chi connectivity index (χ1n) is 6.35. The molecule has 1 aliphatic rings. The highest BCUT2D eigenvalue weighted by Gasteiger charge is 2.14. The SMILES string of the molecule is O=[N+]([O-])c1ccc(NCCOC2CCCC2)cc1. The highest BCUT2D eigenvalue weighted by molar-refractivity contribution is 5.48. The molecular weight excluding hydrogens is 232 g/mol. The molecule has 1 aromatic carbocycles. The lowest BCUT2D eigenvalue weighted by atomic mass is 10.3. The van der Waals surface area contributed by atoms with Crippen LogP contribution in [0.2, 0.25) is 0 Å². The Bertz CT molecular complexity index is 386. The van der Waals surface area contributed by atoms with E-state index in [1.807, 2.05) is 0 Å². The lowest BCUT2D eigenvalue weighted by Crippen LogP contribution is -2.15. The van der Waals surface area contributed by atoms with E-state index in [0.717, 1.165) is 12.2 Å². The van der Waals surface area contributed by atoms with Gasteiger partial charge in [-0.25, -0.2) is 0 Å². The predicted molar refractivity (Wildman–Crippen MR) is 69.8 cm³/mol. The van der Waals surface area contributed by atoms with Crippen LogP contribution in [0.1, 0.15) is 25.7 Å². The minimum Gasteiger partial charge on any atom is -0.383 e. The van der Waals surface area contributed by atoms with Crippen LogP contribution in [0.4, 0.5) is 11.4 Å². The first-order chi connectivity index (χ1) is 8.75. The Labute approximate surface area is 106 Å². The van der Waals surface area contributed by atoms with Crippen LogP contribution in [0.15, 0.2) is 24.3 Å². The van der Waals surface area contributed by atoms with Gasteiger partial charge in [-0.3, -0.25) is 10.1 Å². The molecule has 0 unspecified atom stereocenters. The molecule has 5 heteroatoms. The number of hydrogen-bond donors (Lipinski definition) is 1. The van der Waals surface area contributed by atoms with Crippen molar-refractivity contribution < 1.29 is 9.66 Å². The molecule has 1 N–H and O–H groups in total. The van der Waals surface area contributed by atoms with Gasteiger partial charge in [-0.05, 0) is 25.0 Å². The molecule has 0 amide bonds. The molecule has 0 bridgehead atoms. The molecule has 1 fully saturated rings. The second-order valence-corrected chi connectivity index (χ2v) is 4.51. The number of rotatable bonds is 6. The number of hydrogen-bond acceptors (Lipinski definition) is 4. The summed E-state index contributed by atoms with van der Waals surface area (Å²) in [5, 5.41) is 13.7. The van der Waals surface area contributed by atoms with Crippen molar-refractivity contribution >= 4 is 11.4 Å². The minimum atomic E-state index is -0.396. The summed E-state index contributed by atoms with van der Waals surface area (Å²) in [5.74, 6) is 0. The van der Waals surface area contributed by atoms with E-state index in [4.69, 9.17) is 4.74 Å². The molecule has 98 valence electrons. The number of nitrogens with one attached hydrogen (secondary N) is 1. The van der Waals surface area contributed by atoms with E-state index >= 15 is 0 Å². The summed E-state index contributed by atoms with van der Waals surface area (Å²) in [4.78, 5) is 10.1. The fourth-order valence-electron chi connectivity index (χ4n) is 2.18. The third-order valence-corrected chi connectivity index (χ3v) is 3.17. The van der Waals surface area contributed by atoms with Gasteiger partial charge in [-0.15, -0.1) is 0 Å². The Hall–Kier alpha value is -1.62. The number of anilines is 1. The van der Waals surface area contributed by atoms with Gasteiger partial charge in [0, 0.05) is 24.4 Å². The van der Waals surface area contributed by atoms with Crippen LogP contribution >= 0.6 is 0 Å². The third kappa shape index (κ3) is 3.70. The molecule has 0 heterocycles. The van der Waals surface area contributed by atoms with Crippen LogP contribution in [0.3, 0.4) is 0 Å². The minimum absolute atomic E-state index is 0.114. The molecule has 18 heavy (non-hydrogen) atoms. The first-order valence-corrected chi connectivity index (χ1v) is 6.35. The molecule has 0 spiro atoms. The topological polar surface area (TPSA) is 64.4 Å². The van der Waals surface area contributed by atoms with Gasteiger partial charge in [0.15, 0.2) is 0 Å². The smallest absolute Gasteiger partial charge is 0.269 e. The van der Waals surface area contributed by atoms with Crippen molar-refractivity contribution in [3.8, 4) is 0 Å². The van der Waals surface area contributed by atoms with E-state index in [0.29, 0.717) is 12.7 Å². The molecule has 1 saturated carbocycles. The monoisotopic (exact) mass is 250 g/mol. The maximum absolute atomic E-state index is 10.5. The maximum Gasteiger partial charge on any atom is 0.269 e. The van der Waals surface area contributed by atoms with E-state index in [1.54, 1.807) is 12.1 Å². The van der Waals surface area contributed by atoms with E-state index in [2.05, 4.69) is 5.32 Å². The fourth-order valence-corrected chi connectivity index (χ4v) is 2.18. The zero-order valence-corrected chi connectivity index (χ0v) is 10.3. The molecule has 0 aliphatic heterocycles. The molecule has 5 nitrogen and oxygen atoms in total. The molecular formula is C13H18N2O3. The number of nitrogens with zero attached hydrogens (tertiary/aromatic N) is 1. The van der Waals surface area contributed by atoms with Crippen LogP contribution in [-0.2, 0) is 4.74 Å². The molecule has 0 saturated heterocycles. The summed E-state index contributed by atoms with van der Waals surface area (Å²) in [6, 6.07) is 6.43. The van der Waals surface area contributed by atoms with Crippen molar-refractivity contribution in [2.45, 2.75) is 31.8 Å². The lowest BCUT2D eigenvalue weighted by Gasteiger charge is -2.11. The normalized spacial score (nSPS) is 15.8. The number of non-ortho nitro benzene ring substituents is 1. The molecule has 2 rings (SSSR count). The zero-order valence-electron chi connectivity index (χ0n) is 10.3. The largest absolute Gasteiger partial charge is 0.383 e. The van der Waals surface area contributed by atoms with Gasteiger partial charge < -0.3 is 10.1 Å². The number of nitro groups is 1. The first kappa shape index (κ1) is 12.8. The van der Waals surface area contributed by atoms with Crippen molar-refractivity contribution in [2.24, 2.45) is 0 Å². The van der Waals surface area contributed by atoms with E-state index in [-0.39, 0.29) is 5.69 Å². The summed E-state index contributed by atoms with van der Waals surface area (Å²) in [5.41, 5.74) is 0.998. The van der Waals surface area contributed by atoms with E-state index < -0.39 is 4.92 Å². The van der Waals surface area contributed by atoms with Gasteiger partial charge in [0.2, 0.25) is 0 Å². The van der Waals surface area contributed by atoms with Crippen molar-refractivity contribution in [2.75, 3.05) is 18.5 Å². The maximum atomic E-state index is 10.5. The van der Waals surface area contributed by atoms with Crippen LogP contribution in [0.5, 0.6) is 0 Å². The Morgan fingerprint density at radius 1 is 1.28 bits per heavy atom. The van der Waals surface area contributed by atoms with Crippen LogP contribution in [0.25, 0.3) is 0 Å². The quantitative estimate of drug-likeness (QED) is 0.479. The summed E-state index contributed by atoms with van der Waals surface area (Å²) >= 11 is 0. The average molecular weight is 250 g/mol. The van der Waals surface area contributed by atoms with Gasteiger partial charge in [0.05, 0.1) is 17.6 Å². The van der Waals surface area contributed by atoms with Gasteiger partial charge in [-0.2, -0.15) is 0 Å². The predicted octanol–water partition coefficient (Wildman–Crippen LogP) is 2.97. The van der Waals surface area contributed by atoms with E-state index in [1.165, 1.54) is 37.8 Å². The van der Waals surface area contributed by atoms with Crippen molar-refractivity contribution in [1.29, 1.82) is 0 Å². The standard InChI is InChI=1S/C13H18N2O3/c16-15(17)12-7-5-11(6-8-12)14-9-10-18-13-3-1-2-4-13/h5-8,13-14H,1-4,9-10H2. The summed E-state index contributed by atoms with van der Waals surface area (Å²) in [6.45, 7) is 1.41. The van der Waals surface area contributed by atoms with E-state index in [9.17, 15) is 10.1 Å². The number of nitro benzene ring substituents is 1. The van der Waals surface area contributed by atoms with Gasteiger partial charge in [0.1, 0.15) is 0 Å².